The van der Waals surface area contributed by atoms with Gasteiger partial charge in [0.1, 0.15) is 11.6 Å². The van der Waals surface area contributed by atoms with E-state index < -0.39 is 10.0 Å². The fourth-order valence-corrected chi connectivity index (χ4v) is 4.09. The molecule has 0 aliphatic rings. The number of rotatable bonds is 5. The predicted molar refractivity (Wildman–Crippen MR) is 112 cm³/mol. The third-order valence-electron chi connectivity index (χ3n) is 4.38. The molecule has 0 fully saturated rings. The Bertz CT molecular complexity index is 1300. The van der Waals surface area contributed by atoms with Crippen LogP contribution in [0.15, 0.2) is 65.8 Å². The molecule has 0 unspecified atom stereocenters. The number of aryl methyl sites for hydroxylation is 1. The van der Waals surface area contributed by atoms with Crippen molar-refractivity contribution in [2.24, 2.45) is 0 Å². The summed E-state index contributed by atoms with van der Waals surface area (Å²) in [5.74, 6) is 0.859. The zero-order chi connectivity index (χ0) is 20.6. The normalized spacial score (nSPS) is 11.6. The molecule has 0 amide bonds. The molecule has 0 bridgehead atoms. The Morgan fingerprint density at radius 3 is 2.55 bits per heavy atom. The summed E-state index contributed by atoms with van der Waals surface area (Å²) in [5, 5.41) is 4.96. The lowest BCUT2D eigenvalue weighted by molar-refractivity contribution is 0.413. The number of halogens is 1. The number of anilines is 1. The number of aromatic nitrogens is 3. The molecule has 0 spiro atoms. The number of hydrogen-bond acceptors (Lipinski definition) is 5. The molecule has 7 nitrogen and oxygen atoms in total. The number of hydrogen-bond donors (Lipinski definition) is 1. The first kappa shape index (κ1) is 19.2. The molecule has 0 radical (unpaired) electrons. The van der Waals surface area contributed by atoms with E-state index in [4.69, 9.17) is 16.3 Å². The molecule has 1 aromatic carbocycles. The van der Waals surface area contributed by atoms with Crippen molar-refractivity contribution in [3.63, 3.8) is 0 Å². The average Bonchev–Trinajstić information content (AvgIpc) is 3.17. The van der Waals surface area contributed by atoms with Crippen LogP contribution in [0.5, 0.6) is 5.75 Å². The van der Waals surface area contributed by atoms with E-state index in [1.165, 1.54) is 4.52 Å². The number of ether oxygens (including phenoxy) is 1. The van der Waals surface area contributed by atoms with Gasteiger partial charge in [-0.15, -0.1) is 0 Å². The second kappa shape index (κ2) is 7.38. The first-order valence-corrected chi connectivity index (χ1v) is 10.5. The Morgan fingerprint density at radius 2 is 1.83 bits per heavy atom. The van der Waals surface area contributed by atoms with Crippen molar-refractivity contribution in [3.8, 4) is 17.0 Å². The third kappa shape index (κ3) is 3.76. The van der Waals surface area contributed by atoms with Gasteiger partial charge >= 0.3 is 0 Å². The minimum atomic E-state index is -3.79. The lowest BCUT2D eigenvalue weighted by Gasteiger charge is -2.10. The molecule has 9 heteroatoms. The monoisotopic (exact) mass is 428 g/mol. The highest BCUT2D eigenvalue weighted by Crippen LogP contribution is 2.29. The number of nitrogens with zero attached hydrogens (tertiary/aromatic N) is 3. The Hall–Kier alpha value is -3.10. The van der Waals surface area contributed by atoms with E-state index >= 15 is 0 Å². The van der Waals surface area contributed by atoms with Crippen LogP contribution in [0.4, 0.5) is 5.82 Å². The van der Waals surface area contributed by atoms with E-state index in [-0.39, 0.29) is 10.7 Å². The Balaban J connectivity index is 1.78. The zero-order valence-electron chi connectivity index (χ0n) is 15.6. The van der Waals surface area contributed by atoms with Crippen LogP contribution in [0.25, 0.3) is 16.8 Å². The maximum atomic E-state index is 12.8. The number of benzene rings is 1. The summed E-state index contributed by atoms with van der Waals surface area (Å²) < 4.78 is 34.8. The summed E-state index contributed by atoms with van der Waals surface area (Å²) in [6.45, 7) is 1.89. The van der Waals surface area contributed by atoms with Crippen molar-refractivity contribution >= 4 is 33.0 Å². The Kier molecular flexibility index (Phi) is 4.89. The lowest BCUT2D eigenvalue weighted by Crippen LogP contribution is -2.15. The first-order valence-electron chi connectivity index (χ1n) is 8.64. The quantitative estimate of drug-likeness (QED) is 0.515. The van der Waals surface area contributed by atoms with Crippen LogP contribution in [0, 0.1) is 6.92 Å². The van der Waals surface area contributed by atoms with E-state index in [1.807, 2.05) is 6.92 Å². The van der Waals surface area contributed by atoms with Gasteiger partial charge in [0.25, 0.3) is 10.0 Å². The van der Waals surface area contributed by atoms with Crippen molar-refractivity contribution in [1.29, 1.82) is 0 Å². The number of sulfonamides is 1. The van der Waals surface area contributed by atoms with Crippen LogP contribution in [0.1, 0.15) is 5.56 Å². The Morgan fingerprint density at radius 1 is 1.07 bits per heavy atom. The fraction of sp³-hybridized carbons (Fsp3) is 0.100. The molecule has 0 saturated heterocycles. The van der Waals surface area contributed by atoms with Gasteiger partial charge in [0.2, 0.25) is 0 Å². The maximum absolute atomic E-state index is 12.8. The molecule has 1 N–H and O–H groups in total. The molecule has 4 rings (SSSR count). The van der Waals surface area contributed by atoms with Gasteiger partial charge < -0.3 is 4.74 Å². The van der Waals surface area contributed by atoms with Crippen molar-refractivity contribution in [2.45, 2.75) is 11.8 Å². The minimum Gasteiger partial charge on any atom is -0.495 e. The lowest BCUT2D eigenvalue weighted by atomic mass is 10.2. The highest BCUT2D eigenvalue weighted by molar-refractivity contribution is 7.92. The second-order valence-corrected chi connectivity index (χ2v) is 8.51. The summed E-state index contributed by atoms with van der Waals surface area (Å²) in [5.41, 5.74) is 2.84. The number of nitrogens with one attached hydrogen (secondary N) is 1. The van der Waals surface area contributed by atoms with E-state index in [2.05, 4.69) is 14.8 Å². The third-order valence-corrected chi connectivity index (χ3v) is 6.07. The largest absolute Gasteiger partial charge is 0.495 e. The van der Waals surface area contributed by atoms with Gasteiger partial charge in [-0.1, -0.05) is 29.3 Å². The average molecular weight is 429 g/mol. The summed E-state index contributed by atoms with van der Waals surface area (Å²) in [6, 6.07) is 13.4. The Labute approximate surface area is 173 Å². The number of fused-ring (bicyclic) bond motifs is 1. The van der Waals surface area contributed by atoms with Crippen molar-refractivity contribution in [3.05, 3.63) is 71.5 Å². The maximum Gasteiger partial charge on any atom is 0.263 e. The summed E-state index contributed by atoms with van der Waals surface area (Å²) in [7, 11) is -2.23. The van der Waals surface area contributed by atoms with E-state index in [0.717, 1.165) is 11.1 Å². The summed E-state index contributed by atoms with van der Waals surface area (Å²) >= 11 is 6.32. The van der Waals surface area contributed by atoms with Gasteiger partial charge in [-0.05, 0) is 43.3 Å². The zero-order valence-corrected chi connectivity index (χ0v) is 17.2. The molecular formula is C20H17ClN4O3S. The summed E-state index contributed by atoms with van der Waals surface area (Å²) in [6.07, 6.45) is 3.24. The van der Waals surface area contributed by atoms with E-state index in [0.29, 0.717) is 22.0 Å². The minimum absolute atomic E-state index is 0.163. The predicted octanol–water partition coefficient (Wildman–Crippen LogP) is 4.17. The van der Waals surface area contributed by atoms with Crippen molar-refractivity contribution in [1.82, 2.24) is 14.6 Å². The van der Waals surface area contributed by atoms with Gasteiger partial charge in [0.05, 0.1) is 34.4 Å². The van der Waals surface area contributed by atoms with Crippen molar-refractivity contribution < 1.29 is 13.2 Å². The van der Waals surface area contributed by atoms with Crippen LogP contribution in [-0.4, -0.2) is 30.1 Å². The molecule has 4 aromatic rings. The molecule has 0 saturated carbocycles. The molecule has 0 aliphatic carbocycles. The molecule has 148 valence electrons. The van der Waals surface area contributed by atoms with E-state index in [9.17, 15) is 8.42 Å². The molecule has 0 atom stereocenters. The topological polar surface area (TPSA) is 85.6 Å². The molecule has 3 heterocycles. The molecular weight excluding hydrogens is 412 g/mol. The smallest absolute Gasteiger partial charge is 0.263 e. The second-order valence-electron chi connectivity index (χ2n) is 6.43. The molecule has 0 aliphatic heterocycles. The van der Waals surface area contributed by atoms with E-state index in [1.54, 1.807) is 68.0 Å². The number of pyridine rings is 2. The molecule has 29 heavy (non-hydrogen) atoms. The fourth-order valence-electron chi connectivity index (χ4n) is 2.85. The number of methoxy groups -OCH3 is 1. The van der Waals surface area contributed by atoms with Crippen LogP contribution in [-0.2, 0) is 10.0 Å². The van der Waals surface area contributed by atoms with Crippen LogP contribution < -0.4 is 9.46 Å². The highest BCUT2D eigenvalue weighted by Gasteiger charge is 2.18. The van der Waals surface area contributed by atoms with Crippen LogP contribution in [0.2, 0.25) is 5.02 Å². The molecule has 3 aromatic heterocycles. The van der Waals surface area contributed by atoms with Gasteiger partial charge in [-0.2, -0.15) is 5.10 Å². The standard InChI is InChI=1S/C20H17ClN4O3S/c1-13-3-5-16(6-4-13)29(26,27)24-20-8-7-17(21)19-10-18(23-25(19)20)14-9-15(28-2)12-22-11-14/h3-12,24H,1-2H3. The van der Waals surface area contributed by atoms with Gasteiger partial charge in [-0.25, -0.2) is 12.9 Å². The van der Waals surface area contributed by atoms with Gasteiger partial charge in [0.15, 0.2) is 0 Å². The van der Waals surface area contributed by atoms with Crippen LogP contribution >= 0.6 is 11.6 Å². The van der Waals surface area contributed by atoms with Gasteiger partial charge in [-0.3, -0.25) is 9.71 Å². The SMILES string of the molecule is COc1cncc(-c2cc3c(Cl)ccc(NS(=O)(=O)c4ccc(C)cc4)n3n2)c1. The van der Waals surface area contributed by atoms with Crippen LogP contribution in [0.3, 0.4) is 0 Å². The highest BCUT2D eigenvalue weighted by atomic mass is 35.5. The van der Waals surface area contributed by atoms with Gasteiger partial charge in [0, 0.05) is 11.8 Å². The summed E-state index contributed by atoms with van der Waals surface area (Å²) in [4.78, 5) is 4.30. The van der Waals surface area contributed by atoms with Crippen molar-refractivity contribution in [2.75, 3.05) is 11.8 Å². The first-order chi connectivity index (χ1) is 13.9.